The molecule has 0 spiro atoms. The van der Waals surface area contributed by atoms with E-state index in [0.29, 0.717) is 15.6 Å². The fraction of sp³-hybridized carbons (Fsp3) is 0.250. The van der Waals surface area contributed by atoms with Crippen LogP contribution in [0.4, 0.5) is 13.2 Å². The van der Waals surface area contributed by atoms with Crippen molar-refractivity contribution < 1.29 is 22.5 Å². The van der Waals surface area contributed by atoms with Crippen LogP contribution in [-0.2, 0) is 17.6 Å². The normalized spacial score (nSPS) is 11.7. The van der Waals surface area contributed by atoms with Crippen molar-refractivity contribution in [3.05, 3.63) is 45.5 Å². The molecule has 0 fully saturated rings. The summed E-state index contributed by atoms with van der Waals surface area (Å²) in [6.45, 7) is 0. The number of hydrogen-bond donors (Lipinski definition) is 0. The lowest BCUT2D eigenvalue weighted by molar-refractivity contribution is -0.170. The zero-order valence-corrected chi connectivity index (χ0v) is 11.8. The minimum Gasteiger partial charge on any atom is -0.339 e. The summed E-state index contributed by atoms with van der Waals surface area (Å²) in [6.07, 6.45) is -5.84. The fourth-order valence-electron chi connectivity index (χ4n) is 1.53. The molecule has 0 aliphatic rings. The van der Waals surface area contributed by atoms with Gasteiger partial charge in [0.05, 0.1) is 6.42 Å². The van der Waals surface area contributed by atoms with Crippen LogP contribution in [0.15, 0.2) is 22.7 Å². The van der Waals surface area contributed by atoms with Crippen LogP contribution in [0.2, 0.25) is 10.0 Å². The van der Waals surface area contributed by atoms with Crippen LogP contribution in [-0.4, -0.2) is 22.1 Å². The summed E-state index contributed by atoms with van der Waals surface area (Å²) in [5, 5.41) is 4.26. The Morgan fingerprint density at radius 3 is 2.43 bits per heavy atom. The Bertz CT molecular complexity index is 651. The second-order valence-electron chi connectivity index (χ2n) is 4.08. The van der Waals surface area contributed by atoms with E-state index < -0.39 is 24.3 Å². The molecule has 0 N–H and O–H groups in total. The van der Waals surface area contributed by atoms with Crippen LogP contribution < -0.4 is 0 Å². The van der Waals surface area contributed by atoms with Crippen molar-refractivity contribution in [3.8, 4) is 0 Å². The van der Waals surface area contributed by atoms with E-state index in [-0.39, 0.29) is 12.2 Å². The highest BCUT2D eigenvalue weighted by Gasteiger charge is 2.39. The largest absolute Gasteiger partial charge is 0.450 e. The molecular weight excluding hydrogens is 332 g/mol. The molecule has 21 heavy (non-hydrogen) atoms. The van der Waals surface area contributed by atoms with Gasteiger partial charge in [-0.25, -0.2) is 0 Å². The molecule has 0 saturated heterocycles. The number of carbonyl (C=O) groups excluding carboxylic acids is 1. The number of carbonyl (C=O) groups is 1. The van der Waals surface area contributed by atoms with E-state index in [1.54, 1.807) is 18.2 Å². The molecule has 0 unspecified atom stereocenters. The summed E-state index contributed by atoms with van der Waals surface area (Å²) in [7, 11) is 0. The van der Waals surface area contributed by atoms with Gasteiger partial charge in [-0.15, -0.1) is 0 Å². The monoisotopic (exact) mass is 338 g/mol. The van der Waals surface area contributed by atoms with Crippen molar-refractivity contribution in [1.29, 1.82) is 0 Å². The van der Waals surface area contributed by atoms with Gasteiger partial charge in [-0.1, -0.05) is 34.4 Å². The van der Waals surface area contributed by atoms with Crippen LogP contribution in [0.3, 0.4) is 0 Å². The molecule has 1 heterocycles. The zero-order valence-electron chi connectivity index (χ0n) is 10.2. The molecule has 112 valence electrons. The first kappa shape index (κ1) is 15.8. The maximum absolute atomic E-state index is 12.1. The summed E-state index contributed by atoms with van der Waals surface area (Å²) in [4.78, 5) is 14.5. The van der Waals surface area contributed by atoms with E-state index in [0.717, 1.165) is 0 Å². The van der Waals surface area contributed by atoms with Gasteiger partial charge in [0, 0.05) is 16.5 Å². The Hall–Kier alpha value is -1.60. The van der Waals surface area contributed by atoms with Crippen LogP contribution in [0.5, 0.6) is 0 Å². The van der Waals surface area contributed by atoms with Gasteiger partial charge in [0.2, 0.25) is 11.7 Å². The first-order valence-corrected chi connectivity index (χ1v) is 6.37. The minimum atomic E-state index is -4.93. The number of hydrogen-bond acceptors (Lipinski definition) is 4. The van der Waals surface area contributed by atoms with E-state index in [1.807, 2.05) is 0 Å². The van der Waals surface area contributed by atoms with E-state index in [9.17, 15) is 18.0 Å². The van der Waals surface area contributed by atoms with E-state index in [4.69, 9.17) is 23.2 Å². The second-order valence-corrected chi connectivity index (χ2v) is 4.89. The number of alkyl halides is 3. The lowest BCUT2D eigenvalue weighted by Gasteiger charge is -2.03. The molecule has 0 bridgehead atoms. The van der Waals surface area contributed by atoms with Gasteiger partial charge in [-0.3, -0.25) is 4.79 Å². The molecule has 1 aromatic heterocycles. The number of Topliss-reactive ketones (excluding diaryl/α,β-unsaturated/α-hetero) is 1. The SMILES string of the molecule is O=C(Cc1nc(Cc2c(Cl)cccc2Cl)no1)C(F)(F)F. The van der Waals surface area contributed by atoms with Crippen molar-refractivity contribution in [2.45, 2.75) is 19.0 Å². The lowest BCUT2D eigenvalue weighted by Crippen LogP contribution is -2.24. The maximum Gasteiger partial charge on any atom is 0.450 e. The molecule has 0 aliphatic heterocycles. The van der Waals surface area contributed by atoms with Crippen LogP contribution in [0.25, 0.3) is 0 Å². The summed E-state index contributed by atoms with van der Waals surface area (Å²) in [5.74, 6) is -2.26. The predicted molar refractivity (Wildman–Crippen MR) is 68.3 cm³/mol. The topological polar surface area (TPSA) is 56.0 Å². The highest BCUT2D eigenvalue weighted by molar-refractivity contribution is 6.36. The standard InChI is InChI=1S/C12H7Cl2F3N2O2/c13-7-2-1-3-8(14)6(7)4-10-18-11(21-19-10)5-9(20)12(15,16)17/h1-3H,4-5H2. The molecule has 4 nitrogen and oxygen atoms in total. The zero-order chi connectivity index (χ0) is 15.6. The third kappa shape index (κ3) is 3.95. The lowest BCUT2D eigenvalue weighted by atomic mass is 10.1. The second kappa shape index (κ2) is 6.03. The summed E-state index contributed by atoms with van der Waals surface area (Å²) < 4.78 is 41.0. The number of nitrogens with zero attached hydrogens (tertiary/aromatic N) is 2. The average Bonchev–Trinajstić information content (AvgIpc) is 2.80. The Kier molecular flexibility index (Phi) is 4.53. The van der Waals surface area contributed by atoms with Crippen molar-refractivity contribution in [2.75, 3.05) is 0 Å². The van der Waals surface area contributed by atoms with Crippen LogP contribution in [0, 0.1) is 0 Å². The van der Waals surface area contributed by atoms with Crippen molar-refractivity contribution in [2.24, 2.45) is 0 Å². The molecule has 0 radical (unpaired) electrons. The summed E-state index contributed by atoms with van der Waals surface area (Å²) in [5.41, 5.74) is 0.523. The first-order valence-electron chi connectivity index (χ1n) is 5.61. The Labute approximate surface area is 126 Å². The third-order valence-corrected chi connectivity index (χ3v) is 3.24. The molecule has 2 rings (SSSR count). The molecule has 9 heteroatoms. The smallest absolute Gasteiger partial charge is 0.339 e. The van der Waals surface area contributed by atoms with Gasteiger partial charge < -0.3 is 4.52 Å². The van der Waals surface area contributed by atoms with Gasteiger partial charge in [-0.05, 0) is 17.7 Å². The van der Waals surface area contributed by atoms with Crippen LogP contribution in [0.1, 0.15) is 17.3 Å². The Balaban J connectivity index is 2.12. The molecule has 0 aliphatic carbocycles. The number of ketones is 1. The molecule has 0 atom stereocenters. The Morgan fingerprint density at radius 2 is 1.86 bits per heavy atom. The van der Waals surface area contributed by atoms with Gasteiger partial charge in [0.25, 0.3) is 0 Å². The summed E-state index contributed by atoms with van der Waals surface area (Å²) >= 11 is 11.9. The Morgan fingerprint density at radius 1 is 1.24 bits per heavy atom. The average molecular weight is 339 g/mol. The minimum absolute atomic E-state index is 0.0855. The van der Waals surface area contributed by atoms with Crippen molar-refractivity contribution in [1.82, 2.24) is 10.1 Å². The number of benzene rings is 1. The molecule has 0 amide bonds. The van der Waals surface area contributed by atoms with Gasteiger partial charge in [0.1, 0.15) is 0 Å². The van der Waals surface area contributed by atoms with Crippen molar-refractivity contribution >= 4 is 29.0 Å². The van der Waals surface area contributed by atoms with Crippen LogP contribution >= 0.6 is 23.2 Å². The van der Waals surface area contributed by atoms with E-state index in [2.05, 4.69) is 14.7 Å². The molecular formula is C12H7Cl2F3N2O2. The molecule has 1 aromatic carbocycles. The fourth-order valence-corrected chi connectivity index (χ4v) is 2.06. The van der Waals surface area contributed by atoms with E-state index >= 15 is 0 Å². The third-order valence-electron chi connectivity index (χ3n) is 2.53. The highest BCUT2D eigenvalue weighted by Crippen LogP contribution is 2.26. The van der Waals surface area contributed by atoms with Gasteiger partial charge >= 0.3 is 6.18 Å². The number of rotatable bonds is 4. The van der Waals surface area contributed by atoms with Crippen molar-refractivity contribution in [3.63, 3.8) is 0 Å². The predicted octanol–water partition coefficient (Wildman–Crippen LogP) is 3.64. The van der Waals surface area contributed by atoms with Gasteiger partial charge in [-0.2, -0.15) is 18.2 Å². The molecule has 2 aromatic rings. The van der Waals surface area contributed by atoms with E-state index in [1.165, 1.54) is 0 Å². The highest BCUT2D eigenvalue weighted by atomic mass is 35.5. The summed E-state index contributed by atoms with van der Waals surface area (Å²) in [6, 6.07) is 4.87. The number of halogens is 5. The quantitative estimate of drug-likeness (QED) is 0.853. The maximum atomic E-state index is 12.1. The molecule has 0 saturated carbocycles. The first-order chi connectivity index (χ1) is 9.77. The number of aromatic nitrogens is 2. The van der Waals surface area contributed by atoms with Gasteiger partial charge in [0.15, 0.2) is 5.82 Å².